The normalized spacial score (nSPS) is 12.2. The fourth-order valence-corrected chi connectivity index (χ4v) is 2.48. The average molecular weight is 363 g/mol. The minimum absolute atomic E-state index is 0.121. The van der Waals surface area contributed by atoms with Gasteiger partial charge in [0.25, 0.3) is 0 Å². The average Bonchev–Trinajstić information content (AvgIpc) is 2.51. The summed E-state index contributed by atoms with van der Waals surface area (Å²) in [6, 6.07) is 7.70. The lowest BCUT2D eigenvalue weighted by atomic mass is 9.90. The predicted octanol–water partition coefficient (Wildman–Crippen LogP) is 3.52. The van der Waals surface area contributed by atoms with Crippen LogP contribution in [0.1, 0.15) is 57.6 Å². The number of ether oxygens (including phenoxy) is 2. The molecule has 1 aromatic rings. The summed E-state index contributed by atoms with van der Waals surface area (Å²) in [4.78, 5) is 35.9. The molecular formula is C20H29NO5. The number of ketones is 1. The van der Waals surface area contributed by atoms with Gasteiger partial charge in [-0.1, -0.05) is 29.8 Å². The van der Waals surface area contributed by atoms with Crippen LogP contribution < -0.4 is 5.32 Å². The molecule has 0 aromatic heterocycles. The van der Waals surface area contributed by atoms with E-state index in [1.807, 2.05) is 31.2 Å². The fourth-order valence-electron chi connectivity index (χ4n) is 2.48. The summed E-state index contributed by atoms with van der Waals surface area (Å²) in [6.07, 6.45) is -0.378. The first kappa shape index (κ1) is 21.7. The van der Waals surface area contributed by atoms with E-state index in [0.29, 0.717) is 6.61 Å². The van der Waals surface area contributed by atoms with E-state index < -0.39 is 11.7 Å². The number of rotatable bonds is 8. The Kier molecular flexibility index (Phi) is 8.29. The highest BCUT2D eigenvalue weighted by molar-refractivity contribution is 5.85. The van der Waals surface area contributed by atoms with Crippen molar-refractivity contribution in [2.45, 2.75) is 59.0 Å². The number of esters is 1. The van der Waals surface area contributed by atoms with E-state index in [-0.39, 0.29) is 37.1 Å². The van der Waals surface area contributed by atoms with Gasteiger partial charge in [0, 0.05) is 12.3 Å². The Labute approximate surface area is 155 Å². The zero-order chi connectivity index (χ0) is 19.7. The van der Waals surface area contributed by atoms with E-state index >= 15 is 0 Å². The van der Waals surface area contributed by atoms with Crippen molar-refractivity contribution in [3.8, 4) is 0 Å². The Morgan fingerprint density at radius 2 is 1.85 bits per heavy atom. The molecule has 0 saturated carbocycles. The lowest BCUT2D eigenvalue weighted by Crippen LogP contribution is -2.35. The summed E-state index contributed by atoms with van der Waals surface area (Å²) < 4.78 is 10.1. The van der Waals surface area contributed by atoms with Gasteiger partial charge >= 0.3 is 12.1 Å². The molecular weight excluding hydrogens is 334 g/mol. The second kappa shape index (κ2) is 9.94. The van der Waals surface area contributed by atoms with E-state index in [0.717, 1.165) is 11.1 Å². The summed E-state index contributed by atoms with van der Waals surface area (Å²) in [5.41, 5.74) is 1.33. The van der Waals surface area contributed by atoms with E-state index in [1.54, 1.807) is 27.7 Å². The molecule has 1 amide bonds. The largest absolute Gasteiger partial charge is 0.466 e. The molecule has 1 aromatic carbocycles. The highest BCUT2D eigenvalue weighted by Gasteiger charge is 2.22. The van der Waals surface area contributed by atoms with Gasteiger partial charge in [-0.2, -0.15) is 0 Å². The molecule has 6 heteroatoms. The molecule has 6 nitrogen and oxygen atoms in total. The summed E-state index contributed by atoms with van der Waals surface area (Å²) in [6.45, 7) is 9.12. The maximum atomic E-state index is 12.3. The number of benzene rings is 1. The van der Waals surface area contributed by atoms with Gasteiger partial charge in [0.05, 0.1) is 19.6 Å². The molecule has 0 fully saturated rings. The van der Waals surface area contributed by atoms with Gasteiger partial charge in [0.1, 0.15) is 5.60 Å². The van der Waals surface area contributed by atoms with Gasteiger partial charge in [-0.05, 0) is 40.2 Å². The smallest absolute Gasteiger partial charge is 0.408 e. The third-order valence-corrected chi connectivity index (χ3v) is 3.53. The Balaban J connectivity index is 2.71. The minimum atomic E-state index is -0.636. The predicted molar refractivity (Wildman–Crippen MR) is 99.0 cm³/mol. The molecule has 1 unspecified atom stereocenters. The van der Waals surface area contributed by atoms with Crippen molar-refractivity contribution >= 4 is 17.8 Å². The topological polar surface area (TPSA) is 81.7 Å². The first-order chi connectivity index (χ1) is 12.1. The molecule has 1 N–H and O–H groups in total. The lowest BCUT2D eigenvalue weighted by molar-refractivity contribution is -0.143. The monoisotopic (exact) mass is 363 g/mol. The van der Waals surface area contributed by atoms with E-state index in [4.69, 9.17) is 9.47 Å². The molecule has 0 saturated heterocycles. The van der Waals surface area contributed by atoms with Crippen LogP contribution in [0.4, 0.5) is 4.79 Å². The first-order valence-electron chi connectivity index (χ1n) is 8.81. The number of carbonyl (C=O) groups is 3. The Bertz CT molecular complexity index is 633. The Hall–Kier alpha value is -2.37. The van der Waals surface area contributed by atoms with Crippen LogP contribution in [-0.2, 0) is 19.1 Å². The van der Waals surface area contributed by atoms with Crippen LogP contribution in [0.3, 0.4) is 0 Å². The van der Waals surface area contributed by atoms with Gasteiger partial charge in [-0.3, -0.25) is 9.59 Å². The van der Waals surface area contributed by atoms with Crippen molar-refractivity contribution in [2.24, 2.45) is 0 Å². The van der Waals surface area contributed by atoms with Crippen molar-refractivity contribution in [3.05, 3.63) is 35.4 Å². The molecule has 0 bridgehead atoms. The third-order valence-electron chi connectivity index (χ3n) is 3.53. The number of hydrogen-bond acceptors (Lipinski definition) is 5. The van der Waals surface area contributed by atoms with Crippen LogP contribution in [0.15, 0.2) is 24.3 Å². The zero-order valence-electron chi connectivity index (χ0n) is 16.3. The molecule has 26 heavy (non-hydrogen) atoms. The minimum Gasteiger partial charge on any atom is -0.466 e. The third kappa shape index (κ3) is 8.65. The van der Waals surface area contributed by atoms with Crippen molar-refractivity contribution in [2.75, 3.05) is 13.2 Å². The van der Waals surface area contributed by atoms with Crippen LogP contribution in [0.5, 0.6) is 0 Å². The number of alkyl carbamates (subject to hydrolysis) is 1. The maximum Gasteiger partial charge on any atom is 0.408 e. The van der Waals surface area contributed by atoms with Gasteiger partial charge in [0.2, 0.25) is 0 Å². The van der Waals surface area contributed by atoms with Crippen LogP contribution in [-0.4, -0.2) is 36.6 Å². The van der Waals surface area contributed by atoms with Gasteiger partial charge in [-0.25, -0.2) is 4.79 Å². The highest BCUT2D eigenvalue weighted by atomic mass is 16.6. The quantitative estimate of drug-likeness (QED) is 0.715. The number of hydrogen-bond donors (Lipinski definition) is 1. The fraction of sp³-hybridized carbons (Fsp3) is 0.550. The van der Waals surface area contributed by atoms with Crippen molar-refractivity contribution in [3.63, 3.8) is 0 Å². The van der Waals surface area contributed by atoms with E-state index in [1.165, 1.54) is 0 Å². The van der Waals surface area contributed by atoms with Gasteiger partial charge in [0.15, 0.2) is 5.78 Å². The van der Waals surface area contributed by atoms with Crippen molar-refractivity contribution in [1.29, 1.82) is 0 Å². The molecule has 144 valence electrons. The standard InChI is InChI=1S/C20H29NO5/c1-6-25-18(23)12-16(15-9-7-8-14(2)10-15)11-17(22)13-21-19(24)26-20(3,4)5/h7-10,16H,6,11-13H2,1-5H3,(H,21,24). The second-order valence-electron chi connectivity index (χ2n) is 7.22. The van der Waals surface area contributed by atoms with E-state index in [2.05, 4.69) is 5.32 Å². The summed E-state index contributed by atoms with van der Waals surface area (Å²) >= 11 is 0. The molecule has 0 spiro atoms. The SMILES string of the molecule is CCOC(=O)CC(CC(=O)CNC(=O)OC(C)(C)C)c1cccc(C)c1. The van der Waals surface area contributed by atoms with Crippen LogP contribution in [0, 0.1) is 6.92 Å². The number of carbonyl (C=O) groups excluding carboxylic acids is 3. The maximum absolute atomic E-state index is 12.3. The molecule has 0 heterocycles. The van der Waals surface area contributed by atoms with Crippen molar-refractivity contribution in [1.82, 2.24) is 5.32 Å². The number of Topliss-reactive ketones (excluding diaryl/α,β-unsaturated/α-hetero) is 1. The van der Waals surface area contributed by atoms with Crippen molar-refractivity contribution < 1.29 is 23.9 Å². The Morgan fingerprint density at radius 1 is 1.15 bits per heavy atom. The summed E-state index contributed by atoms with van der Waals surface area (Å²) in [7, 11) is 0. The number of amides is 1. The Morgan fingerprint density at radius 3 is 2.42 bits per heavy atom. The molecule has 0 radical (unpaired) electrons. The van der Waals surface area contributed by atoms with E-state index in [9.17, 15) is 14.4 Å². The summed E-state index contributed by atoms with van der Waals surface area (Å²) in [5.74, 6) is -0.805. The van der Waals surface area contributed by atoms with Crippen LogP contribution in [0.25, 0.3) is 0 Å². The molecule has 0 aliphatic heterocycles. The molecule has 0 aliphatic rings. The van der Waals surface area contributed by atoms with Crippen LogP contribution >= 0.6 is 0 Å². The molecule has 1 rings (SSSR count). The summed E-state index contributed by atoms with van der Waals surface area (Å²) in [5, 5.41) is 2.46. The highest BCUT2D eigenvalue weighted by Crippen LogP contribution is 2.25. The first-order valence-corrected chi connectivity index (χ1v) is 8.81. The second-order valence-corrected chi connectivity index (χ2v) is 7.22. The van der Waals surface area contributed by atoms with Crippen LogP contribution in [0.2, 0.25) is 0 Å². The number of nitrogens with one attached hydrogen (secondary N) is 1. The lowest BCUT2D eigenvalue weighted by Gasteiger charge is -2.20. The van der Waals surface area contributed by atoms with Gasteiger partial charge in [-0.15, -0.1) is 0 Å². The zero-order valence-corrected chi connectivity index (χ0v) is 16.3. The number of aryl methyl sites for hydroxylation is 1. The van der Waals surface area contributed by atoms with Gasteiger partial charge < -0.3 is 14.8 Å². The molecule has 0 aliphatic carbocycles. The molecule has 1 atom stereocenters.